The number of pyridine rings is 2. The van der Waals surface area contributed by atoms with E-state index in [0.29, 0.717) is 11.2 Å². The van der Waals surface area contributed by atoms with Gasteiger partial charge in [0.1, 0.15) is 16.9 Å². The molecule has 0 spiro atoms. The first-order chi connectivity index (χ1) is 13.9. The lowest BCUT2D eigenvalue weighted by Gasteiger charge is -2.12. The zero-order chi connectivity index (χ0) is 20.5. The minimum atomic E-state index is -3.09. The van der Waals surface area contributed by atoms with Crippen molar-refractivity contribution in [3.63, 3.8) is 0 Å². The van der Waals surface area contributed by atoms with Gasteiger partial charge in [-0.3, -0.25) is 9.78 Å². The summed E-state index contributed by atoms with van der Waals surface area (Å²) in [5.41, 5.74) is 5.37. The topological polar surface area (TPSA) is 111 Å². The first-order valence-corrected chi connectivity index (χ1v) is 8.25. The van der Waals surface area contributed by atoms with Crippen molar-refractivity contribution in [3.05, 3.63) is 66.0 Å². The van der Waals surface area contributed by atoms with Crippen molar-refractivity contribution >= 4 is 22.9 Å². The highest BCUT2D eigenvalue weighted by atomic mass is 19.3. The van der Waals surface area contributed by atoms with E-state index in [4.69, 9.17) is 5.73 Å². The van der Waals surface area contributed by atoms with Crippen LogP contribution in [0.3, 0.4) is 0 Å². The summed E-state index contributed by atoms with van der Waals surface area (Å²) >= 11 is 0. The normalized spacial score (nSPS) is 11.2. The number of aromatic nitrogens is 5. The average Bonchev–Trinajstić information content (AvgIpc) is 3.17. The number of hydrogen-bond acceptors (Lipinski definition) is 6. The summed E-state index contributed by atoms with van der Waals surface area (Å²) in [4.78, 5) is 23.5. The molecular weight excluding hydrogens is 387 g/mol. The minimum absolute atomic E-state index is 0.0206. The Kier molecular flexibility index (Phi) is 4.55. The monoisotopic (exact) mass is 399 g/mol. The molecule has 0 saturated carbocycles. The molecule has 146 valence electrons. The van der Waals surface area contributed by atoms with E-state index in [1.807, 2.05) is 0 Å². The number of carbonyl (C=O) groups excluding carboxylic acids is 1. The molecule has 0 unspecified atom stereocenters. The number of carbonyl (C=O) groups is 1. The van der Waals surface area contributed by atoms with E-state index in [2.05, 4.69) is 25.4 Å². The van der Waals surface area contributed by atoms with Gasteiger partial charge >= 0.3 is 0 Å². The van der Waals surface area contributed by atoms with E-state index < -0.39 is 23.8 Å². The lowest BCUT2D eigenvalue weighted by Crippen LogP contribution is -2.14. The number of nitrogens with two attached hydrogens (primary N) is 1. The highest BCUT2D eigenvalue weighted by Crippen LogP contribution is 2.27. The van der Waals surface area contributed by atoms with Crippen LogP contribution in [0.4, 0.5) is 24.7 Å². The van der Waals surface area contributed by atoms with Crippen molar-refractivity contribution in [2.45, 2.75) is 6.43 Å². The second-order valence-electron chi connectivity index (χ2n) is 5.90. The third kappa shape index (κ3) is 3.45. The summed E-state index contributed by atoms with van der Waals surface area (Å²) in [5, 5.41) is 7.21. The Morgan fingerprint density at radius 1 is 1.17 bits per heavy atom. The molecule has 0 aliphatic heterocycles. The maximum atomic E-state index is 13.6. The van der Waals surface area contributed by atoms with Gasteiger partial charge in [-0.2, -0.15) is 0 Å². The first kappa shape index (κ1) is 18.3. The Hall–Kier alpha value is -4.02. The quantitative estimate of drug-likeness (QED) is 0.533. The summed E-state index contributed by atoms with van der Waals surface area (Å²) in [7, 11) is 0. The predicted octanol–water partition coefficient (Wildman–Crippen LogP) is 3.11. The Balaban J connectivity index is 1.84. The third-order valence-corrected chi connectivity index (χ3v) is 4.04. The van der Waals surface area contributed by atoms with Gasteiger partial charge in [0.05, 0.1) is 11.3 Å². The lowest BCUT2D eigenvalue weighted by atomic mass is 10.2. The summed E-state index contributed by atoms with van der Waals surface area (Å²) in [6.45, 7) is 0. The fourth-order valence-electron chi connectivity index (χ4n) is 2.70. The van der Waals surface area contributed by atoms with E-state index in [1.54, 1.807) is 18.3 Å². The van der Waals surface area contributed by atoms with Gasteiger partial charge in [0, 0.05) is 18.6 Å². The van der Waals surface area contributed by atoms with E-state index in [1.165, 1.54) is 29.0 Å². The van der Waals surface area contributed by atoms with Crippen molar-refractivity contribution in [2.24, 2.45) is 5.73 Å². The van der Waals surface area contributed by atoms with Crippen LogP contribution in [0.5, 0.6) is 0 Å². The number of anilines is 2. The molecule has 0 atom stereocenters. The number of nitrogens with zero attached hydrogens (tertiary/aromatic N) is 5. The second-order valence-corrected chi connectivity index (χ2v) is 5.90. The van der Waals surface area contributed by atoms with Crippen LogP contribution in [0, 0.1) is 5.82 Å². The molecule has 11 heteroatoms. The zero-order valence-corrected chi connectivity index (χ0v) is 14.6. The number of alkyl halides is 2. The van der Waals surface area contributed by atoms with Crippen molar-refractivity contribution < 1.29 is 18.0 Å². The molecule has 0 aromatic carbocycles. The Morgan fingerprint density at radius 2 is 2.00 bits per heavy atom. The molecule has 4 heterocycles. The van der Waals surface area contributed by atoms with Crippen LogP contribution in [0.15, 0.2) is 48.9 Å². The van der Waals surface area contributed by atoms with E-state index in [-0.39, 0.29) is 22.9 Å². The summed E-state index contributed by atoms with van der Waals surface area (Å²) < 4.78 is 41.0. The van der Waals surface area contributed by atoms with Gasteiger partial charge in [-0.05, 0) is 30.3 Å². The molecule has 0 radical (unpaired) electrons. The SMILES string of the molecule is NC(=O)c1cnccc1Nc1nc(-c2ccc(F)c(C(F)F)n2)nn2cccc12. The molecule has 1 amide bonds. The Bertz CT molecular complexity index is 1230. The first-order valence-electron chi connectivity index (χ1n) is 8.25. The van der Waals surface area contributed by atoms with Gasteiger partial charge in [-0.25, -0.2) is 27.7 Å². The number of fused-ring (bicyclic) bond motifs is 1. The van der Waals surface area contributed by atoms with Crippen molar-refractivity contribution in [2.75, 3.05) is 5.32 Å². The smallest absolute Gasteiger partial charge is 0.283 e. The molecule has 4 aromatic heterocycles. The van der Waals surface area contributed by atoms with E-state index in [9.17, 15) is 18.0 Å². The van der Waals surface area contributed by atoms with Crippen molar-refractivity contribution in [3.8, 4) is 11.5 Å². The van der Waals surface area contributed by atoms with Gasteiger partial charge in [-0.1, -0.05) is 0 Å². The zero-order valence-electron chi connectivity index (χ0n) is 14.6. The summed E-state index contributed by atoms with van der Waals surface area (Å²) in [6.07, 6.45) is 1.30. The number of halogens is 3. The van der Waals surface area contributed by atoms with E-state index >= 15 is 0 Å². The minimum Gasteiger partial charge on any atom is -0.365 e. The molecule has 4 rings (SSSR count). The number of amides is 1. The maximum absolute atomic E-state index is 13.6. The molecule has 0 aliphatic rings. The van der Waals surface area contributed by atoms with Crippen LogP contribution in [0.1, 0.15) is 22.5 Å². The Labute approximate surface area is 161 Å². The van der Waals surface area contributed by atoms with Crippen molar-refractivity contribution in [1.29, 1.82) is 0 Å². The third-order valence-electron chi connectivity index (χ3n) is 4.04. The van der Waals surface area contributed by atoms with Crippen LogP contribution in [0.25, 0.3) is 17.0 Å². The highest BCUT2D eigenvalue weighted by Gasteiger charge is 2.19. The molecule has 3 N–H and O–H groups in total. The average molecular weight is 399 g/mol. The van der Waals surface area contributed by atoms with Crippen LogP contribution < -0.4 is 11.1 Å². The lowest BCUT2D eigenvalue weighted by molar-refractivity contribution is 0.100. The molecule has 0 bridgehead atoms. The largest absolute Gasteiger partial charge is 0.365 e. The Morgan fingerprint density at radius 3 is 2.76 bits per heavy atom. The van der Waals surface area contributed by atoms with Gasteiger partial charge in [-0.15, -0.1) is 5.10 Å². The molecule has 8 nitrogen and oxygen atoms in total. The molecular formula is C18H12F3N7O. The van der Waals surface area contributed by atoms with Crippen LogP contribution in [-0.4, -0.2) is 30.5 Å². The fraction of sp³-hybridized carbons (Fsp3) is 0.0556. The number of rotatable bonds is 5. The summed E-state index contributed by atoms with van der Waals surface area (Å²) in [6, 6.07) is 7.03. The number of hydrogen-bond donors (Lipinski definition) is 2. The molecule has 29 heavy (non-hydrogen) atoms. The second kappa shape index (κ2) is 7.19. The molecule has 0 saturated heterocycles. The van der Waals surface area contributed by atoms with Crippen molar-refractivity contribution in [1.82, 2.24) is 24.6 Å². The summed E-state index contributed by atoms with van der Waals surface area (Å²) in [5.74, 6) is -1.57. The van der Waals surface area contributed by atoms with Crippen LogP contribution >= 0.6 is 0 Å². The van der Waals surface area contributed by atoms with Gasteiger partial charge in [0.15, 0.2) is 11.6 Å². The number of nitrogens with one attached hydrogen (secondary N) is 1. The highest BCUT2D eigenvalue weighted by molar-refractivity contribution is 5.99. The maximum Gasteiger partial charge on any atom is 0.283 e. The van der Waals surface area contributed by atoms with Gasteiger partial charge in [0.2, 0.25) is 5.82 Å². The molecule has 4 aromatic rings. The van der Waals surface area contributed by atoms with Crippen LogP contribution in [0.2, 0.25) is 0 Å². The standard InChI is InChI=1S/C18H12F3N7O/c19-10-3-4-12(24-14(10)15(20)21)17-26-18(13-2-1-7-28(13)27-17)25-11-5-6-23-8-9(11)16(22)29/h1-8,15H,(H2,22,29)(H,23,25,26,27). The van der Waals surface area contributed by atoms with Gasteiger partial charge in [0.25, 0.3) is 12.3 Å². The van der Waals surface area contributed by atoms with Gasteiger partial charge < -0.3 is 11.1 Å². The predicted molar refractivity (Wildman–Crippen MR) is 97.2 cm³/mol. The van der Waals surface area contributed by atoms with E-state index in [0.717, 1.165) is 6.07 Å². The van der Waals surface area contributed by atoms with Crippen LogP contribution in [-0.2, 0) is 0 Å². The fourth-order valence-corrected chi connectivity index (χ4v) is 2.70. The number of primary amides is 1. The molecule has 0 fully saturated rings. The molecule has 0 aliphatic carbocycles.